The maximum absolute atomic E-state index is 12.7. The zero-order valence-corrected chi connectivity index (χ0v) is 15.5. The van der Waals surface area contributed by atoms with Crippen molar-refractivity contribution in [2.24, 2.45) is 5.73 Å². The summed E-state index contributed by atoms with van der Waals surface area (Å²) in [6.45, 7) is 2.89. The van der Waals surface area contributed by atoms with Crippen LogP contribution in [0.3, 0.4) is 0 Å². The van der Waals surface area contributed by atoms with Gasteiger partial charge in [0.25, 0.3) is 5.91 Å². The number of amides is 1. The lowest BCUT2D eigenvalue weighted by atomic mass is 9.78. The molecule has 2 heterocycles. The lowest BCUT2D eigenvalue weighted by molar-refractivity contribution is 0.0746. The van der Waals surface area contributed by atoms with Crippen LogP contribution in [0.2, 0.25) is 0 Å². The number of ether oxygens (including phenoxy) is 1. The summed E-state index contributed by atoms with van der Waals surface area (Å²) in [6, 6.07) is 9.65. The van der Waals surface area contributed by atoms with Crippen molar-refractivity contribution in [3.63, 3.8) is 0 Å². The van der Waals surface area contributed by atoms with Gasteiger partial charge in [0.05, 0.1) is 7.11 Å². The Labute approximate surface area is 159 Å². The van der Waals surface area contributed by atoms with Gasteiger partial charge < -0.3 is 20.3 Å². The van der Waals surface area contributed by atoms with E-state index >= 15 is 0 Å². The van der Waals surface area contributed by atoms with Crippen LogP contribution in [-0.2, 0) is 0 Å². The van der Waals surface area contributed by atoms with E-state index in [1.807, 2.05) is 29.2 Å². The molecular formula is C20H25N5O2. The van der Waals surface area contributed by atoms with E-state index < -0.39 is 0 Å². The number of methoxy groups -OCH3 is 1. The molecule has 2 aromatic rings. The summed E-state index contributed by atoms with van der Waals surface area (Å²) in [5, 5.41) is 0. The first-order valence-electron chi connectivity index (χ1n) is 9.40. The largest absolute Gasteiger partial charge is 0.497 e. The minimum absolute atomic E-state index is 0.0594. The molecule has 0 spiro atoms. The quantitative estimate of drug-likeness (QED) is 0.885. The third-order valence-corrected chi connectivity index (χ3v) is 5.49. The lowest BCUT2D eigenvalue weighted by Gasteiger charge is -2.36. The van der Waals surface area contributed by atoms with E-state index in [2.05, 4.69) is 20.9 Å². The third-order valence-electron chi connectivity index (χ3n) is 5.49. The molecular weight excluding hydrogens is 342 g/mol. The van der Waals surface area contributed by atoms with Crippen molar-refractivity contribution in [2.45, 2.75) is 24.8 Å². The molecule has 2 fully saturated rings. The molecule has 1 amide bonds. The number of aromatic nitrogens is 2. The van der Waals surface area contributed by atoms with Gasteiger partial charge in [0, 0.05) is 55.5 Å². The van der Waals surface area contributed by atoms with Gasteiger partial charge in [-0.15, -0.1) is 0 Å². The lowest BCUT2D eigenvalue weighted by Crippen LogP contribution is -2.49. The Hall–Kier alpha value is -2.67. The van der Waals surface area contributed by atoms with Crippen LogP contribution >= 0.6 is 0 Å². The van der Waals surface area contributed by atoms with E-state index in [0.29, 0.717) is 30.6 Å². The Morgan fingerprint density at radius 2 is 1.81 bits per heavy atom. The van der Waals surface area contributed by atoms with Gasteiger partial charge in [0.2, 0.25) is 0 Å². The Morgan fingerprint density at radius 3 is 2.44 bits per heavy atom. The number of nitrogens with zero attached hydrogens (tertiary/aromatic N) is 4. The number of rotatable bonds is 4. The van der Waals surface area contributed by atoms with Gasteiger partial charge in [-0.25, -0.2) is 9.97 Å². The van der Waals surface area contributed by atoms with Gasteiger partial charge in [-0.3, -0.25) is 4.79 Å². The molecule has 0 atom stereocenters. The first-order valence-corrected chi connectivity index (χ1v) is 9.40. The second kappa shape index (κ2) is 7.52. The highest BCUT2D eigenvalue weighted by atomic mass is 16.5. The number of anilines is 1. The number of hydrogen-bond donors (Lipinski definition) is 1. The van der Waals surface area contributed by atoms with Crippen molar-refractivity contribution < 1.29 is 9.53 Å². The van der Waals surface area contributed by atoms with Crippen LogP contribution in [0, 0.1) is 0 Å². The molecule has 0 bridgehead atoms. The maximum atomic E-state index is 12.7. The topological polar surface area (TPSA) is 84.6 Å². The SMILES string of the molecule is COc1ccc(C(=O)N2CCN(c3cc(C4CC(N)C4)ncn3)CC2)cc1. The molecule has 7 nitrogen and oxygen atoms in total. The van der Waals surface area contributed by atoms with E-state index in [1.54, 1.807) is 13.4 Å². The van der Waals surface area contributed by atoms with Crippen molar-refractivity contribution in [3.8, 4) is 5.75 Å². The molecule has 1 saturated carbocycles. The van der Waals surface area contributed by atoms with E-state index in [4.69, 9.17) is 10.5 Å². The first-order chi connectivity index (χ1) is 13.1. The van der Waals surface area contributed by atoms with E-state index in [0.717, 1.165) is 43.2 Å². The Morgan fingerprint density at radius 1 is 1.11 bits per heavy atom. The number of hydrogen-bond acceptors (Lipinski definition) is 6. The number of piperazine rings is 1. The fourth-order valence-corrected chi connectivity index (χ4v) is 3.72. The number of nitrogens with two attached hydrogens (primary N) is 1. The summed E-state index contributed by atoms with van der Waals surface area (Å²) in [7, 11) is 1.62. The molecule has 1 aliphatic carbocycles. The normalized spacial score (nSPS) is 22.3. The molecule has 27 heavy (non-hydrogen) atoms. The predicted molar refractivity (Wildman–Crippen MR) is 103 cm³/mol. The molecule has 142 valence electrons. The van der Waals surface area contributed by atoms with Gasteiger partial charge >= 0.3 is 0 Å². The van der Waals surface area contributed by atoms with Crippen LogP contribution in [0.25, 0.3) is 0 Å². The predicted octanol–water partition coefficient (Wildman–Crippen LogP) is 1.65. The van der Waals surface area contributed by atoms with Crippen molar-refractivity contribution in [2.75, 3.05) is 38.2 Å². The second-order valence-electron chi connectivity index (χ2n) is 7.24. The zero-order valence-electron chi connectivity index (χ0n) is 15.5. The third kappa shape index (κ3) is 3.73. The number of carbonyl (C=O) groups is 1. The summed E-state index contributed by atoms with van der Waals surface area (Å²) in [4.78, 5) is 25.7. The molecule has 1 aromatic carbocycles. The Balaban J connectivity index is 1.37. The van der Waals surface area contributed by atoms with Crippen LogP contribution in [-0.4, -0.2) is 60.1 Å². The summed E-state index contributed by atoms with van der Waals surface area (Å²) in [6.07, 6.45) is 3.64. The summed E-state index contributed by atoms with van der Waals surface area (Å²) in [5.74, 6) is 2.21. The van der Waals surface area contributed by atoms with E-state index in [-0.39, 0.29) is 5.91 Å². The number of benzene rings is 1. The Kier molecular flexibility index (Phi) is 4.94. The molecule has 7 heteroatoms. The van der Waals surface area contributed by atoms with Crippen LogP contribution in [0.15, 0.2) is 36.7 Å². The average Bonchev–Trinajstić information content (AvgIpc) is 2.71. The minimum Gasteiger partial charge on any atom is -0.497 e. The second-order valence-corrected chi connectivity index (χ2v) is 7.24. The first kappa shape index (κ1) is 17.7. The molecule has 1 aliphatic heterocycles. The molecule has 0 radical (unpaired) electrons. The van der Waals surface area contributed by atoms with E-state index in [9.17, 15) is 4.79 Å². The summed E-state index contributed by atoms with van der Waals surface area (Å²) in [5.41, 5.74) is 7.67. The molecule has 4 rings (SSSR count). The van der Waals surface area contributed by atoms with Crippen LogP contribution < -0.4 is 15.4 Å². The molecule has 1 saturated heterocycles. The summed E-state index contributed by atoms with van der Waals surface area (Å²) < 4.78 is 5.15. The fraction of sp³-hybridized carbons (Fsp3) is 0.450. The average molecular weight is 367 g/mol. The zero-order chi connectivity index (χ0) is 18.8. The standard InChI is InChI=1S/C20H25N5O2/c1-27-17-4-2-14(3-5-17)20(26)25-8-6-24(7-9-25)19-12-18(22-13-23-19)15-10-16(21)11-15/h2-5,12-13,15-16H,6-11,21H2,1H3. The highest BCUT2D eigenvalue weighted by molar-refractivity contribution is 5.94. The fourth-order valence-electron chi connectivity index (χ4n) is 3.72. The molecule has 0 unspecified atom stereocenters. The molecule has 2 N–H and O–H groups in total. The van der Waals surface area contributed by atoms with Crippen LogP contribution in [0.1, 0.15) is 34.8 Å². The highest BCUT2D eigenvalue weighted by Crippen LogP contribution is 2.35. The van der Waals surface area contributed by atoms with Crippen LogP contribution in [0.4, 0.5) is 5.82 Å². The molecule has 1 aromatic heterocycles. The van der Waals surface area contributed by atoms with Gasteiger partial charge in [-0.2, -0.15) is 0 Å². The van der Waals surface area contributed by atoms with Crippen molar-refractivity contribution in [1.82, 2.24) is 14.9 Å². The highest BCUT2D eigenvalue weighted by Gasteiger charge is 2.29. The van der Waals surface area contributed by atoms with Gasteiger partial charge in [-0.1, -0.05) is 0 Å². The van der Waals surface area contributed by atoms with E-state index in [1.165, 1.54) is 0 Å². The van der Waals surface area contributed by atoms with Crippen LogP contribution in [0.5, 0.6) is 5.75 Å². The summed E-state index contributed by atoms with van der Waals surface area (Å²) >= 11 is 0. The minimum atomic E-state index is 0.0594. The smallest absolute Gasteiger partial charge is 0.253 e. The van der Waals surface area contributed by atoms with Gasteiger partial charge in [0.1, 0.15) is 17.9 Å². The molecule has 2 aliphatic rings. The Bertz CT molecular complexity index is 796. The van der Waals surface area contributed by atoms with Crippen molar-refractivity contribution in [1.29, 1.82) is 0 Å². The van der Waals surface area contributed by atoms with Gasteiger partial charge in [-0.05, 0) is 37.1 Å². The maximum Gasteiger partial charge on any atom is 0.253 e. The monoisotopic (exact) mass is 367 g/mol. The van der Waals surface area contributed by atoms with Crippen molar-refractivity contribution in [3.05, 3.63) is 47.9 Å². The van der Waals surface area contributed by atoms with Crippen molar-refractivity contribution >= 4 is 11.7 Å². The number of carbonyl (C=O) groups excluding carboxylic acids is 1. The van der Waals surface area contributed by atoms with Gasteiger partial charge in [0.15, 0.2) is 0 Å².